The molecule has 0 amide bonds. The van der Waals surface area contributed by atoms with Crippen LogP contribution in [0.15, 0.2) is 46.2 Å². The summed E-state index contributed by atoms with van der Waals surface area (Å²) in [4.78, 5) is 24.0. The molecule has 1 aliphatic carbocycles. The van der Waals surface area contributed by atoms with Gasteiger partial charge in [0.2, 0.25) is 5.78 Å². The SMILES string of the molecule is CC1=CC(O/C=C2\Cc3c(n(C)c4ccc(Br)cc34)C2=O)OC1=O. The third-order valence-electron chi connectivity index (χ3n) is 4.42. The van der Waals surface area contributed by atoms with Gasteiger partial charge in [-0.05, 0) is 30.7 Å². The summed E-state index contributed by atoms with van der Waals surface area (Å²) in [6, 6.07) is 5.98. The van der Waals surface area contributed by atoms with Gasteiger partial charge in [0.25, 0.3) is 6.29 Å². The molecular formula is C18H14BrNO4. The maximum atomic E-state index is 12.7. The molecule has 6 heteroatoms. The molecule has 122 valence electrons. The Hall–Kier alpha value is -2.34. The molecule has 5 nitrogen and oxygen atoms in total. The lowest BCUT2D eigenvalue weighted by Crippen LogP contribution is -2.11. The second-order valence-electron chi connectivity index (χ2n) is 5.96. The highest BCUT2D eigenvalue weighted by atomic mass is 79.9. The summed E-state index contributed by atoms with van der Waals surface area (Å²) in [6.07, 6.45) is 2.76. The topological polar surface area (TPSA) is 57.5 Å². The average molecular weight is 388 g/mol. The number of carbonyl (C=O) groups is 2. The summed E-state index contributed by atoms with van der Waals surface area (Å²) in [5.41, 5.74) is 3.79. The molecule has 2 aromatic rings. The van der Waals surface area contributed by atoms with E-state index >= 15 is 0 Å². The van der Waals surface area contributed by atoms with Crippen LogP contribution < -0.4 is 0 Å². The largest absolute Gasteiger partial charge is 0.458 e. The van der Waals surface area contributed by atoms with Gasteiger partial charge in [0.15, 0.2) is 0 Å². The fourth-order valence-corrected chi connectivity index (χ4v) is 3.56. The van der Waals surface area contributed by atoms with E-state index in [4.69, 9.17) is 9.47 Å². The van der Waals surface area contributed by atoms with Crippen molar-refractivity contribution < 1.29 is 19.1 Å². The standard InChI is InChI=1S/C18H14BrNO4/c1-9-5-15(24-18(9)22)23-8-10-6-13-12-7-11(19)3-4-14(12)20(2)16(13)17(10)21/h3-5,7-8,15H,6H2,1-2H3/b10-8+. The molecule has 0 spiro atoms. The number of halogens is 1. The number of Topliss-reactive ketones (excluding diaryl/α,β-unsaturated/α-hetero) is 1. The lowest BCUT2D eigenvalue weighted by molar-refractivity contribution is -0.152. The average Bonchev–Trinajstić information content (AvgIpc) is 3.13. The fraction of sp³-hybridized carbons (Fsp3) is 0.222. The molecule has 0 bridgehead atoms. The third-order valence-corrected chi connectivity index (χ3v) is 4.91. The lowest BCUT2D eigenvalue weighted by atomic mass is 10.1. The number of fused-ring (bicyclic) bond motifs is 3. The summed E-state index contributed by atoms with van der Waals surface area (Å²) >= 11 is 3.48. The van der Waals surface area contributed by atoms with Crippen LogP contribution in [-0.2, 0) is 27.7 Å². The number of benzene rings is 1. The molecule has 0 saturated heterocycles. The number of esters is 1. The number of aryl methyl sites for hydroxylation is 1. The summed E-state index contributed by atoms with van der Waals surface area (Å²) < 4.78 is 13.4. The summed E-state index contributed by atoms with van der Waals surface area (Å²) in [5, 5.41) is 1.06. The van der Waals surface area contributed by atoms with Crippen molar-refractivity contribution in [3.05, 3.63) is 57.4 Å². The highest BCUT2D eigenvalue weighted by Gasteiger charge is 2.32. The number of ketones is 1. The zero-order valence-electron chi connectivity index (χ0n) is 13.1. The van der Waals surface area contributed by atoms with Gasteiger partial charge in [0, 0.05) is 46.1 Å². The van der Waals surface area contributed by atoms with Gasteiger partial charge in [-0.15, -0.1) is 0 Å². The monoisotopic (exact) mass is 387 g/mol. The van der Waals surface area contributed by atoms with Crippen LogP contribution in [0.3, 0.4) is 0 Å². The van der Waals surface area contributed by atoms with Gasteiger partial charge < -0.3 is 14.0 Å². The zero-order chi connectivity index (χ0) is 17.0. The summed E-state index contributed by atoms with van der Waals surface area (Å²) in [7, 11) is 1.89. The van der Waals surface area contributed by atoms with Gasteiger partial charge in [-0.25, -0.2) is 4.79 Å². The van der Waals surface area contributed by atoms with Crippen LogP contribution in [0.1, 0.15) is 23.0 Å². The van der Waals surface area contributed by atoms with Crippen LogP contribution in [0.25, 0.3) is 10.9 Å². The van der Waals surface area contributed by atoms with Crippen molar-refractivity contribution in [1.82, 2.24) is 4.57 Å². The summed E-state index contributed by atoms with van der Waals surface area (Å²) in [6.45, 7) is 1.67. The number of allylic oxidation sites excluding steroid dienone is 1. The fourth-order valence-electron chi connectivity index (χ4n) is 3.20. The minimum absolute atomic E-state index is 0.0511. The zero-order valence-corrected chi connectivity index (χ0v) is 14.7. The number of ether oxygens (including phenoxy) is 2. The maximum absolute atomic E-state index is 12.7. The van der Waals surface area contributed by atoms with Crippen LogP contribution >= 0.6 is 15.9 Å². The van der Waals surface area contributed by atoms with Crippen LogP contribution in [0, 0.1) is 0 Å². The van der Waals surface area contributed by atoms with E-state index in [1.165, 1.54) is 6.26 Å². The first kappa shape index (κ1) is 15.2. The van der Waals surface area contributed by atoms with E-state index in [-0.39, 0.29) is 5.78 Å². The van der Waals surface area contributed by atoms with Crippen molar-refractivity contribution in [2.75, 3.05) is 0 Å². The smallest absolute Gasteiger partial charge is 0.336 e. The Morgan fingerprint density at radius 3 is 2.88 bits per heavy atom. The van der Waals surface area contributed by atoms with Gasteiger partial charge in [-0.2, -0.15) is 0 Å². The minimum atomic E-state index is -0.757. The number of aromatic nitrogens is 1. The number of nitrogens with zero attached hydrogens (tertiary/aromatic N) is 1. The van der Waals surface area contributed by atoms with E-state index in [2.05, 4.69) is 15.9 Å². The van der Waals surface area contributed by atoms with E-state index in [1.54, 1.807) is 13.0 Å². The molecule has 0 radical (unpaired) electrons. The predicted octanol–water partition coefficient (Wildman–Crippen LogP) is 3.41. The number of hydrogen-bond donors (Lipinski definition) is 0. The quantitative estimate of drug-likeness (QED) is 0.450. The van der Waals surface area contributed by atoms with E-state index in [0.29, 0.717) is 23.3 Å². The summed E-state index contributed by atoms with van der Waals surface area (Å²) in [5.74, 6) is -0.444. The Bertz CT molecular complexity index is 967. The second kappa shape index (κ2) is 5.34. The van der Waals surface area contributed by atoms with Gasteiger partial charge >= 0.3 is 5.97 Å². The van der Waals surface area contributed by atoms with Crippen molar-refractivity contribution in [1.29, 1.82) is 0 Å². The molecule has 1 aliphatic heterocycles. The molecular weight excluding hydrogens is 374 g/mol. The van der Waals surface area contributed by atoms with Gasteiger partial charge in [-0.1, -0.05) is 15.9 Å². The van der Waals surface area contributed by atoms with Gasteiger partial charge in [0.1, 0.15) is 0 Å². The van der Waals surface area contributed by atoms with Crippen molar-refractivity contribution in [3.63, 3.8) is 0 Å². The Morgan fingerprint density at radius 1 is 1.38 bits per heavy atom. The van der Waals surface area contributed by atoms with E-state index in [9.17, 15) is 9.59 Å². The first-order chi connectivity index (χ1) is 11.5. The molecule has 24 heavy (non-hydrogen) atoms. The predicted molar refractivity (Wildman–Crippen MR) is 91.5 cm³/mol. The molecule has 0 saturated carbocycles. The van der Waals surface area contributed by atoms with E-state index < -0.39 is 12.3 Å². The Kier molecular flexibility index (Phi) is 3.38. The molecule has 0 fully saturated rings. The Labute approximate surface area is 146 Å². The van der Waals surface area contributed by atoms with Crippen LogP contribution in [0.5, 0.6) is 0 Å². The molecule has 2 aliphatic rings. The van der Waals surface area contributed by atoms with Crippen LogP contribution in [-0.4, -0.2) is 22.6 Å². The third kappa shape index (κ3) is 2.21. The van der Waals surface area contributed by atoms with Crippen molar-refractivity contribution in [2.45, 2.75) is 19.6 Å². The molecule has 0 N–H and O–H groups in total. The molecule has 1 unspecified atom stereocenters. The Morgan fingerprint density at radius 2 is 2.17 bits per heavy atom. The highest BCUT2D eigenvalue weighted by molar-refractivity contribution is 9.10. The molecule has 1 atom stereocenters. The Balaban J connectivity index is 1.66. The van der Waals surface area contributed by atoms with Gasteiger partial charge in [0.05, 0.1) is 12.0 Å². The molecule has 1 aromatic heterocycles. The van der Waals surface area contributed by atoms with E-state index in [1.807, 2.05) is 29.8 Å². The van der Waals surface area contributed by atoms with Crippen molar-refractivity contribution >= 4 is 38.6 Å². The number of rotatable bonds is 2. The highest BCUT2D eigenvalue weighted by Crippen LogP contribution is 2.36. The first-order valence-corrected chi connectivity index (χ1v) is 8.30. The van der Waals surface area contributed by atoms with Crippen LogP contribution in [0.4, 0.5) is 0 Å². The van der Waals surface area contributed by atoms with E-state index in [0.717, 1.165) is 20.9 Å². The van der Waals surface area contributed by atoms with Crippen molar-refractivity contribution in [2.24, 2.45) is 7.05 Å². The second-order valence-corrected chi connectivity index (χ2v) is 6.87. The molecule has 4 rings (SSSR count). The number of hydrogen-bond acceptors (Lipinski definition) is 4. The minimum Gasteiger partial charge on any atom is -0.458 e. The molecule has 1 aromatic carbocycles. The molecule has 2 heterocycles. The van der Waals surface area contributed by atoms with Crippen LogP contribution in [0.2, 0.25) is 0 Å². The van der Waals surface area contributed by atoms with Gasteiger partial charge in [-0.3, -0.25) is 4.79 Å². The first-order valence-electron chi connectivity index (χ1n) is 7.51. The van der Waals surface area contributed by atoms with Crippen molar-refractivity contribution in [3.8, 4) is 0 Å². The maximum Gasteiger partial charge on any atom is 0.336 e. The normalized spacial score (nSPS) is 21.4. The number of cyclic esters (lactones) is 1. The lowest BCUT2D eigenvalue weighted by Gasteiger charge is -2.08. The number of carbonyl (C=O) groups excluding carboxylic acids is 2.